The second-order valence-corrected chi connectivity index (χ2v) is 5.40. The molecule has 2 aromatic rings. The van der Waals surface area contributed by atoms with Crippen molar-refractivity contribution in [1.82, 2.24) is 9.55 Å². The lowest BCUT2D eigenvalue weighted by Gasteiger charge is -2.09. The molecule has 1 heterocycles. The molecule has 0 saturated heterocycles. The summed E-state index contributed by atoms with van der Waals surface area (Å²) in [7, 11) is 0. The van der Waals surface area contributed by atoms with E-state index >= 15 is 0 Å². The number of aliphatic hydroxyl groups excluding tert-OH is 1. The molecule has 0 bridgehead atoms. The predicted octanol–water partition coefficient (Wildman–Crippen LogP) is 1.46. The predicted molar refractivity (Wildman–Crippen MR) is 78.1 cm³/mol. The summed E-state index contributed by atoms with van der Waals surface area (Å²) in [5.74, 6) is 0.309. The highest BCUT2D eigenvalue weighted by atomic mass is 32.2. The third-order valence-electron chi connectivity index (χ3n) is 3.00. The number of aryl methyl sites for hydroxylation is 1. The van der Waals surface area contributed by atoms with Crippen LogP contribution in [0.4, 0.5) is 0 Å². The van der Waals surface area contributed by atoms with E-state index < -0.39 is 5.91 Å². The van der Waals surface area contributed by atoms with Crippen LogP contribution in [0.1, 0.15) is 16.8 Å². The minimum absolute atomic E-state index is 0.0337. The first-order valence-electron chi connectivity index (χ1n) is 6.22. The van der Waals surface area contributed by atoms with Gasteiger partial charge in [-0.2, -0.15) is 0 Å². The molecule has 0 aliphatic rings. The van der Waals surface area contributed by atoms with E-state index in [1.165, 1.54) is 22.9 Å². The molecular weight excluding hydrogens is 274 g/mol. The smallest absolute Gasteiger partial charge is 0.237 e. The highest BCUT2D eigenvalue weighted by molar-refractivity contribution is 7.98. The average molecular weight is 291 g/mol. The Kier molecular flexibility index (Phi) is 4.81. The number of carbonyl (C=O) groups excluding carboxylic acids is 1. The molecule has 1 aromatic heterocycles. The fourth-order valence-corrected chi connectivity index (χ4v) is 2.95. The average Bonchev–Trinajstić information content (AvgIpc) is 2.79. The van der Waals surface area contributed by atoms with Crippen LogP contribution in [-0.4, -0.2) is 20.6 Å². The molecule has 0 spiro atoms. The third-order valence-corrected chi connectivity index (χ3v) is 4.03. The van der Waals surface area contributed by atoms with Gasteiger partial charge in [-0.25, -0.2) is 4.98 Å². The van der Waals surface area contributed by atoms with E-state index in [0.29, 0.717) is 10.9 Å². The molecule has 0 unspecified atom stereocenters. The Morgan fingerprint density at radius 1 is 1.45 bits per heavy atom. The number of nitrogens with two attached hydrogens (primary N) is 1. The Balaban J connectivity index is 2.15. The molecule has 1 aromatic carbocycles. The van der Waals surface area contributed by atoms with Crippen molar-refractivity contribution in [3.8, 4) is 0 Å². The molecule has 5 nitrogen and oxygen atoms in total. The number of aliphatic hydroxyl groups is 1. The van der Waals surface area contributed by atoms with Crippen molar-refractivity contribution >= 4 is 17.7 Å². The normalized spacial score (nSPS) is 10.7. The molecule has 0 fully saturated rings. The van der Waals surface area contributed by atoms with Crippen LogP contribution in [0.3, 0.4) is 0 Å². The number of rotatable bonds is 6. The van der Waals surface area contributed by atoms with Gasteiger partial charge in [0.05, 0.1) is 18.5 Å². The molecule has 2 rings (SSSR count). The molecular formula is C14H17N3O2S. The molecule has 20 heavy (non-hydrogen) atoms. The van der Waals surface area contributed by atoms with Crippen molar-refractivity contribution < 1.29 is 9.90 Å². The van der Waals surface area contributed by atoms with Gasteiger partial charge in [0, 0.05) is 5.75 Å². The van der Waals surface area contributed by atoms with Gasteiger partial charge in [-0.3, -0.25) is 4.79 Å². The molecule has 0 atom stereocenters. The maximum absolute atomic E-state index is 11.1. The zero-order chi connectivity index (χ0) is 14.5. The van der Waals surface area contributed by atoms with Gasteiger partial charge >= 0.3 is 0 Å². The van der Waals surface area contributed by atoms with Gasteiger partial charge in [0.2, 0.25) is 5.91 Å². The summed E-state index contributed by atoms with van der Waals surface area (Å²) in [6.07, 6.45) is 1.57. The van der Waals surface area contributed by atoms with Crippen molar-refractivity contribution in [3.63, 3.8) is 0 Å². The lowest BCUT2D eigenvalue weighted by atomic mass is 10.1. The van der Waals surface area contributed by atoms with Crippen LogP contribution in [0, 0.1) is 6.92 Å². The quantitative estimate of drug-likeness (QED) is 0.790. The Labute approximate surface area is 121 Å². The number of nitrogens with zero attached hydrogens (tertiary/aromatic N) is 2. The topological polar surface area (TPSA) is 81.1 Å². The van der Waals surface area contributed by atoms with Crippen LogP contribution in [0.5, 0.6) is 0 Å². The third kappa shape index (κ3) is 3.40. The number of imidazole rings is 1. The number of carbonyl (C=O) groups is 1. The number of benzene rings is 1. The van der Waals surface area contributed by atoms with Gasteiger partial charge in [0.25, 0.3) is 0 Å². The van der Waals surface area contributed by atoms with Crippen LogP contribution in [0.2, 0.25) is 0 Å². The SMILES string of the molecule is Cc1ccccc1CSc1ncc(CO)n1CC(N)=O. The summed E-state index contributed by atoms with van der Waals surface area (Å²) in [5, 5.41) is 9.94. The lowest BCUT2D eigenvalue weighted by molar-refractivity contribution is -0.118. The molecule has 0 aliphatic heterocycles. The summed E-state index contributed by atoms with van der Waals surface area (Å²) in [4.78, 5) is 15.3. The Hall–Kier alpha value is -1.79. The van der Waals surface area contributed by atoms with Crippen LogP contribution in [0.25, 0.3) is 0 Å². The maximum atomic E-state index is 11.1. The zero-order valence-electron chi connectivity index (χ0n) is 11.2. The van der Waals surface area contributed by atoms with Crippen molar-refractivity contribution in [2.45, 2.75) is 31.0 Å². The van der Waals surface area contributed by atoms with E-state index in [4.69, 9.17) is 5.73 Å². The van der Waals surface area contributed by atoms with Crippen LogP contribution in [0.15, 0.2) is 35.6 Å². The first-order chi connectivity index (χ1) is 9.61. The maximum Gasteiger partial charge on any atom is 0.237 e. The van der Waals surface area contributed by atoms with Crippen LogP contribution < -0.4 is 5.73 Å². The fraction of sp³-hybridized carbons (Fsp3) is 0.286. The monoisotopic (exact) mass is 291 g/mol. The molecule has 106 valence electrons. The summed E-state index contributed by atoms with van der Waals surface area (Å²) < 4.78 is 1.66. The first kappa shape index (κ1) is 14.6. The summed E-state index contributed by atoms with van der Waals surface area (Å²) in [6.45, 7) is 1.93. The van der Waals surface area contributed by atoms with E-state index in [2.05, 4.69) is 24.0 Å². The Morgan fingerprint density at radius 3 is 2.85 bits per heavy atom. The molecule has 0 aliphatic carbocycles. The van der Waals surface area contributed by atoms with Gasteiger partial charge in [-0.05, 0) is 18.1 Å². The van der Waals surface area contributed by atoms with E-state index in [-0.39, 0.29) is 13.2 Å². The summed E-state index contributed by atoms with van der Waals surface area (Å²) >= 11 is 1.53. The van der Waals surface area contributed by atoms with Crippen molar-refractivity contribution in [2.75, 3.05) is 0 Å². The molecule has 0 radical (unpaired) electrons. The Morgan fingerprint density at radius 2 is 2.20 bits per heavy atom. The van der Waals surface area contributed by atoms with Crippen molar-refractivity contribution in [3.05, 3.63) is 47.3 Å². The largest absolute Gasteiger partial charge is 0.390 e. The molecule has 3 N–H and O–H groups in total. The number of hydrogen-bond acceptors (Lipinski definition) is 4. The van der Waals surface area contributed by atoms with Crippen molar-refractivity contribution in [2.24, 2.45) is 5.73 Å². The summed E-state index contributed by atoms with van der Waals surface area (Å²) in [6, 6.07) is 8.13. The number of aromatic nitrogens is 2. The fourth-order valence-electron chi connectivity index (χ4n) is 1.87. The van der Waals surface area contributed by atoms with Gasteiger partial charge < -0.3 is 15.4 Å². The number of thioether (sulfide) groups is 1. The van der Waals surface area contributed by atoms with Gasteiger partial charge in [-0.15, -0.1) is 0 Å². The van der Waals surface area contributed by atoms with Crippen LogP contribution in [-0.2, 0) is 23.7 Å². The number of primary amides is 1. The minimum atomic E-state index is -0.449. The second-order valence-electron chi connectivity index (χ2n) is 4.46. The standard InChI is InChI=1S/C14H17N3O2S/c1-10-4-2-3-5-11(10)9-20-14-16-6-12(8-18)17(14)7-13(15)19/h2-6,18H,7-9H2,1H3,(H2,15,19). The van der Waals surface area contributed by atoms with Gasteiger partial charge in [0.15, 0.2) is 5.16 Å². The zero-order valence-corrected chi connectivity index (χ0v) is 12.1. The molecule has 1 amide bonds. The summed E-state index contributed by atoms with van der Waals surface area (Å²) in [5.41, 5.74) is 8.26. The number of hydrogen-bond donors (Lipinski definition) is 2. The van der Waals surface area contributed by atoms with E-state index in [9.17, 15) is 9.90 Å². The lowest BCUT2D eigenvalue weighted by Crippen LogP contribution is -2.20. The Bertz CT molecular complexity index is 610. The second kappa shape index (κ2) is 6.58. The first-order valence-corrected chi connectivity index (χ1v) is 7.21. The van der Waals surface area contributed by atoms with E-state index in [1.807, 2.05) is 12.1 Å². The van der Waals surface area contributed by atoms with Gasteiger partial charge in [0.1, 0.15) is 6.54 Å². The highest BCUT2D eigenvalue weighted by Crippen LogP contribution is 2.24. The van der Waals surface area contributed by atoms with Gasteiger partial charge in [-0.1, -0.05) is 36.0 Å². The minimum Gasteiger partial charge on any atom is -0.390 e. The van der Waals surface area contributed by atoms with E-state index in [1.54, 1.807) is 10.8 Å². The number of amides is 1. The van der Waals surface area contributed by atoms with Crippen molar-refractivity contribution in [1.29, 1.82) is 0 Å². The highest BCUT2D eigenvalue weighted by Gasteiger charge is 2.12. The van der Waals surface area contributed by atoms with E-state index in [0.717, 1.165) is 5.75 Å². The molecule has 6 heteroatoms. The molecule has 0 saturated carbocycles. The van der Waals surface area contributed by atoms with Crippen LogP contribution >= 0.6 is 11.8 Å².